The zero-order chi connectivity index (χ0) is 19.4. The summed E-state index contributed by atoms with van der Waals surface area (Å²) in [6.45, 7) is 5.82. The summed E-state index contributed by atoms with van der Waals surface area (Å²) in [5, 5.41) is 9.67. The molecule has 3 rings (SSSR count). The third-order valence-electron chi connectivity index (χ3n) is 5.07. The number of aromatic nitrogens is 2. The molecule has 0 radical (unpaired) electrons. The Morgan fingerprint density at radius 3 is 2.63 bits per heavy atom. The van der Waals surface area contributed by atoms with Gasteiger partial charge in [0.2, 0.25) is 0 Å². The summed E-state index contributed by atoms with van der Waals surface area (Å²) < 4.78 is 12.6. The first kappa shape index (κ1) is 19.4. The van der Waals surface area contributed by atoms with Crippen LogP contribution in [0.25, 0.3) is 22.0 Å². The van der Waals surface area contributed by atoms with Gasteiger partial charge in [-0.3, -0.25) is 4.68 Å². The maximum absolute atomic E-state index is 5.35. The number of hydrogen-bond donors (Lipinski definition) is 1. The normalized spacial score (nSPS) is 12.5. The van der Waals surface area contributed by atoms with Crippen molar-refractivity contribution in [2.75, 3.05) is 27.4 Å². The van der Waals surface area contributed by atoms with Crippen LogP contribution in [0.3, 0.4) is 0 Å². The Hall–Kier alpha value is -2.37. The van der Waals surface area contributed by atoms with Gasteiger partial charge in [-0.15, -0.1) is 0 Å². The smallest absolute Gasteiger partial charge is 0.119 e. The quantitative estimate of drug-likeness (QED) is 0.605. The van der Waals surface area contributed by atoms with E-state index in [1.54, 1.807) is 14.2 Å². The molecule has 5 nitrogen and oxygen atoms in total. The highest BCUT2D eigenvalue weighted by atomic mass is 16.5. The van der Waals surface area contributed by atoms with Gasteiger partial charge in [0.05, 0.1) is 19.4 Å². The van der Waals surface area contributed by atoms with Crippen LogP contribution < -0.4 is 10.1 Å². The van der Waals surface area contributed by atoms with Crippen LogP contribution in [-0.4, -0.2) is 37.2 Å². The number of benzene rings is 2. The average Bonchev–Trinajstić information content (AvgIpc) is 3.01. The Morgan fingerprint density at radius 1 is 1.15 bits per heavy atom. The topological polar surface area (TPSA) is 48.3 Å². The minimum absolute atomic E-state index is 0.238. The van der Waals surface area contributed by atoms with E-state index in [9.17, 15) is 0 Å². The second-order valence-electron chi connectivity index (χ2n) is 6.80. The number of nitrogens with zero attached hydrogens (tertiary/aromatic N) is 2. The lowest BCUT2D eigenvalue weighted by Crippen LogP contribution is -2.26. The van der Waals surface area contributed by atoms with Crippen molar-refractivity contribution < 1.29 is 9.47 Å². The molecule has 0 spiro atoms. The predicted octanol–water partition coefficient (Wildman–Crippen LogP) is 4.24. The monoisotopic (exact) mass is 367 g/mol. The third-order valence-corrected chi connectivity index (χ3v) is 5.07. The molecule has 0 amide bonds. The predicted molar refractivity (Wildman–Crippen MR) is 110 cm³/mol. The number of rotatable bonds is 8. The van der Waals surface area contributed by atoms with Gasteiger partial charge in [0.25, 0.3) is 0 Å². The molecule has 1 aromatic heterocycles. The second kappa shape index (κ2) is 8.55. The van der Waals surface area contributed by atoms with Gasteiger partial charge in [0.15, 0.2) is 0 Å². The molecule has 1 unspecified atom stereocenters. The fourth-order valence-electron chi connectivity index (χ4n) is 3.70. The summed E-state index contributed by atoms with van der Waals surface area (Å²) in [6, 6.07) is 12.9. The summed E-state index contributed by atoms with van der Waals surface area (Å²) in [5.41, 5.74) is 5.78. The molecule has 1 N–H and O–H groups in total. The van der Waals surface area contributed by atoms with Gasteiger partial charge in [-0.2, -0.15) is 5.10 Å². The zero-order valence-corrected chi connectivity index (χ0v) is 16.9. The van der Waals surface area contributed by atoms with E-state index in [1.807, 2.05) is 17.8 Å². The van der Waals surface area contributed by atoms with Crippen LogP contribution in [0.2, 0.25) is 0 Å². The summed E-state index contributed by atoms with van der Waals surface area (Å²) in [7, 11) is 5.45. The molecule has 3 aromatic rings. The zero-order valence-electron chi connectivity index (χ0n) is 16.9. The average molecular weight is 367 g/mol. The first-order valence-corrected chi connectivity index (χ1v) is 9.43. The molecule has 0 bridgehead atoms. The summed E-state index contributed by atoms with van der Waals surface area (Å²) in [4.78, 5) is 0. The molecule has 0 fully saturated rings. The Balaban J connectivity index is 2.08. The number of nitrogens with one attached hydrogen (secondary N) is 1. The van der Waals surface area contributed by atoms with Crippen molar-refractivity contribution in [1.29, 1.82) is 0 Å². The molecular formula is C22H29N3O2. The van der Waals surface area contributed by atoms with Crippen LogP contribution >= 0.6 is 0 Å². The van der Waals surface area contributed by atoms with Gasteiger partial charge in [0, 0.05) is 37.7 Å². The number of ether oxygens (including phenoxy) is 2. The van der Waals surface area contributed by atoms with Crippen LogP contribution in [0, 0.1) is 6.92 Å². The minimum atomic E-state index is 0.238. The van der Waals surface area contributed by atoms with Gasteiger partial charge in [-0.1, -0.05) is 31.2 Å². The highest BCUT2D eigenvalue weighted by Crippen LogP contribution is 2.35. The Labute approximate surface area is 161 Å². The van der Waals surface area contributed by atoms with Crippen molar-refractivity contribution in [2.24, 2.45) is 7.05 Å². The van der Waals surface area contributed by atoms with E-state index < -0.39 is 0 Å². The van der Waals surface area contributed by atoms with Gasteiger partial charge in [-0.25, -0.2) is 0 Å². The first-order valence-electron chi connectivity index (χ1n) is 9.43. The highest BCUT2D eigenvalue weighted by molar-refractivity contribution is 5.96. The van der Waals surface area contributed by atoms with E-state index in [4.69, 9.17) is 14.6 Å². The Bertz CT molecular complexity index is 917. The van der Waals surface area contributed by atoms with Gasteiger partial charge < -0.3 is 14.8 Å². The summed E-state index contributed by atoms with van der Waals surface area (Å²) in [6.07, 6.45) is 0.990. The van der Waals surface area contributed by atoms with E-state index in [0.717, 1.165) is 29.8 Å². The molecule has 144 valence electrons. The summed E-state index contributed by atoms with van der Waals surface area (Å²) >= 11 is 0. The van der Waals surface area contributed by atoms with Crippen molar-refractivity contribution in [1.82, 2.24) is 15.1 Å². The van der Waals surface area contributed by atoms with Crippen molar-refractivity contribution in [3.8, 4) is 16.9 Å². The van der Waals surface area contributed by atoms with Crippen molar-refractivity contribution in [3.63, 3.8) is 0 Å². The van der Waals surface area contributed by atoms with Crippen LogP contribution in [0.5, 0.6) is 5.75 Å². The highest BCUT2D eigenvalue weighted by Gasteiger charge is 2.20. The lowest BCUT2D eigenvalue weighted by Gasteiger charge is -2.18. The van der Waals surface area contributed by atoms with E-state index in [2.05, 4.69) is 49.5 Å². The largest absolute Gasteiger partial charge is 0.497 e. The molecule has 1 heterocycles. The van der Waals surface area contributed by atoms with Crippen molar-refractivity contribution in [3.05, 3.63) is 47.7 Å². The van der Waals surface area contributed by atoms with Crippen molar-refractivity contribution >= 4 is 10.9 Å². The minimum Gasteiger partial charge on any atom is -0.497 e. The van der Waals surface area contributed by atoms with Crippen LogP contribution in [0.1, 0.15) is 30.6 Å². The maximum atomic E-state index is 5.35. The SMILES string of the molecule is CCC(NCCOC)c1c2cccc(-c3ccc(OC)cc3C)c2nn1C. The number of hydrogen-bond acceptors (Lipinski definition) is 4. The lowest BCUT2D eigenvalue weighted by molar-refractivity contribution is 0.195. The molecule has 0 aliphatic carbocycles. The molecule has 0 saturated heterocycles. The van der Waals surface area contributed by atoms with Gasteiger partial charge >= 0.3 is 0 Å². The number of methoxy groups -OCH3 is 2. The standard InChI is InChI=1S/C22H29N3O2/c1-6-20(23-12-13-26-4)22-19-9-7-8-18(21(19)24-25(22)3)17-11-10-16(27-5)14-15(17)2/h7-11,14,20,23H,6,12-13H2,1-5H3. The molecular weight excluding hydrogens is 338 g/mol. The van der Waals surface area contributed by atoms with E-state index in [1.165, 1.54) is 22.2 Å². The number of fused-ring (bicyclic) bond motifs is 1. The fourth-order valence-corrected chi connectivity index (χ4v) is 3.70. The van der Waals surface area contributed by atoms with E-state index >= 15 is 0 Å². The molecule has 27 heavy (non-hydrogen) atoms. The molecule has 0 saturated carbocycles. The fraction of sp³-hybridized carbons (Fsp3) is 0.409. The van der Waals surface area contributed by atoms with Crippen LogP contribution in [-0.2, 0) is 11.8 Å². The second-order valence-corrected chi connectivity index (χ2v) is 6.80. The van der Waals surface area contributed by atoms with Crippen molar-refractivity contribution in [2.45, 2.75) is 26.3 Å². The summed E-state index contributed by atoms with van der Waals surface area (Å²) in [5.74, 6) is 0.874. The maximum Gasteiger partial charge on any atom is 0.119 e. The molecule has 1 atom stereocenters. The Kier molecular flexibility index (Phi) is 6.14. The van der Waals surface area contributed by atoms with Gasteiger partial charge in [0.1, 0.15) is 11.3 Å². The first-order chi connectivity index (χ1) is 13.1. The van der Waals surface area contributed by atoms with Gasteiger partial charge in [-0.05, 0) is 36.6 Å². The molecule has 5 heteroatoms. The Morgan fingerprint density at radius 2 is 1.96 bits per heavy atom. The molecule has 0 aliphatic rings. The molecule has 2 aromatic carbocycles. The molecule has 0 aliphatic heterocycles. The van der Waals surface area contributed by atoms with E-state index in [0.29, 0.717) is 6.61 Å². The van der Waals surface area contributed by atoms with Crippen LogP contribution in [0.15, 0.2) is 36.4 Å². The lowest BCUT2D eigenvalue weighted by atomic mass is 9.96. The van der Waals surface area contributed by atoms with E-state index in [-0.39, 0.29) is 6.04 Å². The third kappa shape index (κ3) is 3.84. The van der Waals surface area contributed by atoms with Crippen LogP contribution in [0.4, 0.5) is 0 Å². The number of aryl methyl sites for hydroxylation is 2.